The summed E-state index contributed by atoms with van der Waals surface area (Å²) in [6.07, 6.45) is 10.7. The van der Waals surface area contributed by atoms with Gasteiger partial charge in [0, 0.05) is 38.0 Å². The van der Waals surface area contributed by atoms with E-state index in [0.717, 1.165) is 70.1 Å². The number of likely N-dealkylation sites (tertiary alicyclic amines) is 1. The maximum Gasteiger partial charge on any atom is 0.225 e. The fourth-order valence-electron chi connectivity index (χ4n) is 4.74. The van der Waals surface area contributed by atoms with Crippen LogP contribution in [0.4, 0.5) is 0 Å². The molecular formula is C19H32ClN5O. The molecule has 1 N–H and O–H groups in total. The fourth-order valence-corrected chi connectivity index (χ4v) is 4.74. The average molecular weight is 382 g/mol. The second-order valence-corrected chi connectivity index (χ2v) is 7.94. The number of piperidine rings is 1. The van der Waals surface area contributed by atoms with Gasteiger partial charge >= 0.3 is 0 Å². The number of fused-ring (bicyclic) bond motifs is 1. The number of carbonyl (C=O) groups is 1. The molecule has 146 valence electrons. The lowest BCUT2D eigenvalue weighted by Crippen LogP contribution is -2.42. The van der Waals surface area contributed by atoms with E-state index in [1.54, 1.807) is 0 Å². The molecule has 3 heterocycles. The van der Waals surface area contributed by atoms with Crippen LogP contribution in [0.5, 0.6) is 0 Å². The Hall–Kier alpha value is -1.14. The minimum Gasteiger partial charge on any atom is -0.342 e. The SMILES string of the molecule is Cl.O=C(C1CCCCCCC1)N1CCC(c2nnc3n2CCNC3)CC1. The van der Waals surface area contributed by atoms with E-state index in [1.807, 2.05) is 0 Å². The number of halogens is 1. The highest BCUT2D eigenvalue weighted by Gasteiger charge is 2.31. The molecule has 4 rings (SSSR count). The first kappa shape index (κ1) is 19.6. The Kier molecular flexibility index (Phi) is 6.92. The van der Waals surface area contributed by atoms with E-state index in [9.17, 15) is 4.79 Å². The van der Waals surface area contributed by atoms with Crippen LogP contribution in [0.15, 0.2) is 0 Å². The van der Waals surface area contributed by atoms with E-state index in [0.29, 0.717) is 11.8 Å². The molecule has 1 aliphatic carbocycles. The topological polar surface area (TPSA) is 63.1 Å². The molecule has 1 saturated heterocycles. The summed E-state index contributed by atoms with van der Waals surface area (Å²) in [5.74, 6) is 3.38. The van der Waals surface area contributed by atoms with Crippen LogP contribution < -0.4 is 5.32 Å². The third-order valence-electron chi connectivity index (χ3n) is 6.28. The summed E-state index contributed by atoms with van der Waals surface area (Å²) in [4.78, 5) is 15.1. The Bertz CT molecular complexity index is 589. The Morgan fingerprint density at radius 1 is 0.923 bits per heavy atom. The lowest BCUT2D eigenvalue weighted by Gasteiger charge is -2.34. The maximum absolute atomic E-state index is 12.9. The van der Waals surface area contributed by atoms with Crippen LogP contribution in [-0.4, -0.2) is 45.2 Å². The largest absolute Gasteiger partial charge is 0.342 e. The summed E-state index contributed by atoms with van der Waals surface area (Å²) < 4.78 is 2.30. The standard InChI is InChI=1S/C19H31N5O.ClH/c25-19(16-6-4-2-1-3-5-7-16)23-11-8-15(9-12-23)18-22-21-17-14-20-10-13-24(17)18;/h15-16,20H,1-14H2;1H. The third kappa shape index (κ3) is 4.22. The van der Waals surface area contributed by atoms with Crippen molar-refractivity contribution in [1.29, 1.82) is 0 Å². The van der Waals surface area contributed by atoms with Gasteiger partial charge in [-0.2, -0.15) is 0 Å². The van der Waals surface area contributed by atoms with Crippen LogP contribution in [0.1, 0.15) is 75.4 Å². The Labute approximate surface area is 162 Å². The molecule has 0 bridgehead atoms. The molecule has 1 aromatic rings. The van der Waals surface area contributed by atoms with E-state index in [1.165, 1.54) is 32.1 Å². The minimum absolute atomic E-state index is 0. The number of carbonyl (C=O) groups excluding carboxylic acids is 1. The lowest BCUT2D eigenvalue weighted by molar-refractivity contribution is -0.137. The van der Waals surface area contributed by atoms with Gasteiger partial charge in [-0.05, 0) is 25.7 Å². The zero-order valence-electron chi connectivity index (χ0n) is 15.7. The van der Waals surface area contributed by atoms with Crippen LogP contribution >= 0.6 is 12.4 Å². The Balaban J connectivity index is 0.00000196. The van der Waals surface area contributed by atoms with Gasteiger partial charge in [-0.25, -0.2) is 0 Å². The van der Waals surface area contributed by atoms with Crippen molar-refractivity contribution >= 4 is 18.3 Å². The molecule has 0 radical (unpaired) electrons. The number of hydrogen-bond donors (Lipinski definition) is 1. The second-order valence-electron chi connectivity index (χ2n) is 7.94. The first-order chi connectivity index (χ1) is 12.3. The number of nitrogens with one attached hydrogen (secondary N) is 1. The maximum atomic E-state index is 12.9. The molecular weight excluding hydrogens is 350 g/mol. The number of rotatable bonds is 2. The normalized spacial score (nSPS) is 22.8. The van der Waals surface area contributed by atoms with Crippen LogP contribution in [0.25, 0.3) is 0 Å². The van der Waals surface area contributed by atoms with Crippen molar-refractivity contribution in [2.75, 3.05) is 19.6 Å². The van der Waals surface area contributed by atoms with Gasteiger partial charge in [0.1, 0.15) is 11.6 Å². The lowest BCUT2D eigenvalue weighted by atomic mass is 9.88. The molecule has 1 saturated carbocycles. The monoisotopic (exact) mass is 381 g/mol. The van der Waals surface area contributed by atoms with E-state index in [2.05, 4.69) is 25.0 Å². The predicted octanol–water partition coefficient (Wildman–Crippen LogP) is 2.87. The van der Waals surface area contributed by atoms with Crippen molar-refractivity contribution in [2.45, 2.75) is 76.8 Å². The number of hydrogen-bond acceptors (Lipinski definition) is 4. The Morgan fingerprint density at radius 3 is 2.35 bits per heavy atom. The van der Waals surface area contributed by atoms with E-state index >= 15 is 0 Å². The van der Waals surface area contributed by atoms with Gasteiger partial charge in [-0.3, -0.25) is 4.79 Å². The smallest absolute Gasteiger partial charge is 0.225 e. The van der Waals surface area contributed by atoms with Crippen LogP contribution in [0.2, 0.25) is 0 Å². The van der Waals surface area contributed by atoms with Gasteiger partial charge in [0.15, 0.2) is 0 Å². The van der Waals surface area contributed by atoms with Crippen molar-refractivity contribution in [3.63, 3.8) is 0 Å². The molecule has 7 heteroatoms. The van der Waals surface area contributed by atoms with Gasteiger partial charge < -0.3 is 14.8 Å². The average Bonchev–Trinajstić information content (AvgIpc) is 3.05. The zero-order chi connectivity index (χ0) is 17.1. The summed E-state index contributed by atoms with van der Waals surface area (Å²) in [6, 6.07) is 0. The summed E-state index contributed by atoms with van der Waals surface area (Å²) >= 11 is 0. The van der Waals surface area contributed by atoms with E-state index < -0.39 is 0 Å². The third-order valence-corrected chi connectivity index (χ3v) is 6.28. The number of nitrogens with zero attached hydrogens (tertiary/aromatic N) is 4. The highest BCUT2D eigenvalue weighted by molar-refractivity contribution is 5.85. The van der Waals surface area contributed by atoms with Crippen LogP contribution in [0, 0.1) is 5.92 Å². The van der Waals surface area contributed by atoms with Gasteiger partial charge in [0.05, 0.1) is 6.54 Å². The number of aromatic nitrogens is 3. The van der Waals surface area contributed by atoms with Crippen LogP contribution in [-0.2, 0) is 17.9 Å². The Morgan fingerprint density at radius 2 is 1.62 bits per heavy atom. The molecule has 0 atom stereocenters. The number of amides is 1. The molecule has 0 spiro atoms. The molecule has 1 amide bonds. The van der Waals surface area contributed by atoms with Gasteiger partial charge in [0.25, 0.3) is 0 Å². The van der Waals surface area contributed by atoms with Crippen molar-refractivity contribution in [2.24, 2.45) is 5.92 Å². The van der Waals surface area contributed by atoms with Crippen molar-refractivity contribution in [3.05, 3.63) is 11.6 Å². The highest BCUT2D eigenvalue weighted by Crippen LogP contribution is 2.30. The molecule has 2 fully saturated rings. The summed E-state index contributed by atoms with van der Waals surface area (Å²) in [6.45, 7) is 4.57. The van der Waals surface area contributed by atoms with Gasteiger partial charge in [0.2, 0.25) is 5.91 Å². The summed E-state index contributed by atoms with van der Waals surface area (Å²) in [5, 5.41) is 12.2. The van der Waals surface area contributed by atoms with E-state index in [-0.39, 0.29) is 18.3 Å². The minimum atomic E-state index is 0. The van der Waals surface area contributed by atoms with Crippen molar-refractivity contribution in [1.82, 2.24) is 25.0 Å². The second kappa shape index (κ2) is 9.18. The molecule has 6 nitrogen and oxygen atoms in total. The predicted molar refractivity (Wildman–Crippen MR) is 103 cm³/mol. The van der Waals surface area contributed by atoms with Crippen molar-refractivity contribution < 1.29 is 4.79 Å². The zero-order valence-corrected chi connectivity index (χ0v) is 16.5. The first-order valence-corrected chi connectivity index (χ1v) is 10.2. The van der Waals surface area contributed by atoms with Crippen LogP contribution in [0.3, 0.4) is 0 Å². The first-order valence-electron chi connectivity index (χ1n) is 10.2. The highest BCUT2D eigenvalue weighted by atomic mass is 35.5. The van der Waals surface area contributed by atoms with Gasteiger partial charge in [-0.1, -0.05) is 32.1 Å². The van der Waals surface area contributed by atoms with E-state index in [4.69, 9.17) is 0 Å². The fraction of sp³-hybridized carbons (Fsp3) is 0.842. The molecule has 3 aliphatic rings. The molecule has 1 aromatic heterocycles. The van der Waals surface area contributed by atoms with Gasteiger partial charge in [-0.15, -0.1) is 22.6 Å². The molecule has 0 unspecified atom stereocenters. The van der Waals surface area contributed by atoms with Crippen molar-refractivity contribution in [3.8, 4) is 0 Å². The molecule has 2 aliphatic heterocycles. The summed E-state index contributed by atoms with van der Waals surface area (Å²) in [7, 11) is 0. The quantitative estimate of drug-likeness (QED) is 0.855. The molecule has 0 aromatic carbocycles. The molecule has 26 heavy (non-hydrogen) atoms. The summed E-state index contributed by atoms with van der Waals surface area (Å²) in [5.41, 5.74) is 0.